The van der Waals surface area contributed by atoms with E-state index in [4.69, 9.17) is 21.3 Å². The number of nitrogens with zero attached hydrogens (tertiary/aromatic N) is 3. The highest BCUT2D eigenvalue weighted by Crippen LogP contribution is 2.48. The molecule has 11 heteroatoms. The smallest absolute Gasteiger partial charge is 0.308 e. The van der Waals surface area contributed by atoms with Gasteiger partial charge in [-0.3, -0.25) is 19.1 Å². The van der Waals surface area contributed by atoms with Crippen LogP contribution < -0.4 is 16.2 Å². The molecule has 0 spiro atoms. The Morgan fingerprint density at radius 3 is 2.89 bits per heavy atom. The lowest BCUT2D eigenvalue weighted by molar-refractivity contribution is -0.142. The average molecular weight is 662 g/mol. The molecule has 1 aromatic rings. The number of aryl methyl sites for hydroxylation is 2. The number of nitrogens with one attached hydrogen (secondary N) is 2. The van der Waals surface area contributed by atoms with Crippen molar-refractivity contribution in [1.29, 1.82) is 0 Å². The van der Waals surface area contributed by atoms with Gasteiger partial charge in [0.25, 0.3) is 5.56 Å². The number of alkyl halides is 1. The summed E-state index contributed by atoms with van der Waals surface area (Å²) in [6.07, 6.45) is 10.5. The van der Waals surface area contributed by atoms with Crippen LogP contribution in [-0.2, 0) is 28.9 Å². The molecule has 7 rings (SSSR count). The minimum atomic E-state index is -0.696. The van der Waals surface area contributed by atoms with Crippen molar-refractivity contribution in [3.8, 4) is 0 Å². The molecule has 2 aliphatic carbocycles. The normalized spacial score (nSPS) is 40.4. The fourth-order valence-electron chi connectivity index (χ4n) is 9.88. The van der Waals surface area contributed by atoms with E-state index in [0.29, 0.717) is 42.8 Å². The van der Waals surface area contributed by atoms with Gasteiger partial charge in [-0.15, -0.1) is 11.6 Å². The molecule has 1 aromatic heterocycles. The van der Waals surface area contributed by atoms with Gasteiger partial charge in [-0.25, -0.2) is 4.98 Å². The van der Waals surface area contributed by atoms with Crippen molar-refractivity contribution < 1.29 is 14.6 Å². The van der Waals surface area contributed by atoms with Crippen LogP contribution in [0.5, 0.6) is 0 Å². The third-order valence-corrected chi connectivity index (χ3v) is 14.2. The van der Waals surface area contributed by atoms with Crippen molar-refractivity contribution in [3.05, 3.63) is 27.4 Å². The summed E-state index contributed by atoms with van der Waals surface area (Å²) < 4.78 is 8.52. The molecule has 45 heavy (non-hydrogen) atoms. The zero-order valence-electron chi connectivity index (χ0n) is 27.0. The van der Waals surface area contributed by atoms with Crippen molar-refractivity contribution in [1.82, 2.24) is 25.1 Å². The molecular formula is C34H52ClN5O4S. The van der Waals surface area contributed by atoms with E-state index in [9.17, 15) is 14.7 Å². The summed E-state index contributed by atoms with van der Waals surface area (Å²) >= 11 is 8.58. The first kappa shape index (κ1) is 32.4. The Balaban J connectivity index is 1.01. The summed E-state index contributed by atoms with van der Waals surface area (Å²) in [5.41, 5.74) is 2.03. The molecule has 0 bridgehead atoms. The number of halogens is 1. The monoisotopic (exact) mass is 661 g/mol. The predicted molar refractivity (Wildman–Crippen MR) is 178 cm³/mol. The first-order valence-electron chi connectivity index (χ1n) is 17.7. The minimum Gasteiger partial charge on any atom is -0.481 e. The van der Waals surface area contributed by atoms with E-state index in [1.165, 1.54) is 19.3 Å². The van der Waals surface area contributed by atoms with Gasteiger partial charge in [-0.2, -0.15) is 11.8 Å². The number of hydrogen-bond donors (Lipinski definition) is 3. The second-order valence-corrected chi connectivity index (χ2v) is 16.7. The van der Waals surface area contributed by atoms with E-state index in [-0.39, 0.29) is 40.3 Å². The highest BCUT2D eigenvalue weighted by atomic mass is 35.5. The number of fused-ring (bicyclic) bond motifs is 3. The van der Waals surface area contributed by atoms with Crippen LogP contribution in [0.4, 0.5) is 0 Å². The topological polar surface area (TPSA) is 109 Å². The van der Waals surface area contributed by atoms with Crippen LogP contribution in [0.15, 0.2) is 4.79 Å². The van der Waals surface area contributed by atoms with E-state index in [1.54, 1.807) is 0 Å². The van der Waals surface area contributed by atoms with Crippen LogP contribution in [0.3, 0.4) is 0 Å². The van der Waals surface area contributed by atoms with E-state index in [2.05, 4.69) is 22.5 Å². The van der Waals surface area contributed by atoms with Gasteiger partial charge in [0.2, 0.25) is 0 Å². The van der Waals surface area contributed by atoms with Crippen LogP contribution in [-0.4, -0.2) is 98.4 Å². The molecule has 0 radical (unpaired) electrons. The first-order valence-corrected chi connectivity index (χ1v) is 19.2. The summed E-state index contributed by atoms with van der Waals surface area (Å²) in [5.74, 6) is 1.87. The fraction of sp³-hybridized carbons (Fsp3) is 0.853. The summed E-state index contributed by atoms with van der Waals surface area (Å²) in [5, 5.41) is 17.6. The number of piperidine rings is 3. The van der Waals surface area contributed by atoms with Gasteiger partial charge < -0.3 is 20.5 Å². The van der Waals surface area contributed by atoms with Gasteiger partial charge >= 0.3 is 5.97 Å². The molecule has 3 N–H and O–H groups in total. The second-order valence-electron chi connectivity index (χ2n) is 14.9. The molecule has 4 saturated heterocycles. The second kappa shape index (κ2) is 13.7. The zero-order chi connectivity index (χ0) is 31.2. The molecule has 0 aromatic carbocycles. The van der Waals surface area contributed by atoms with Crippen molar-refractivity contribution in [3.63, 3.8) is 0 Å². The Bertz CT molecular complexity index is 1300. The van der Waals surface area contributed by atoms with Gasteiger partial charge in [-0.05, 0) is 109 Å². The van der Waals surface area contributed by atoms with Crippen LogP contribution in [0.2, 0.25) is 0 Å². The number of carbonyl (C=O) groups is 1. The first-order chi connectivity index (χ1) is 21.8. The molecule has 1 saturated carbocycles. The van der Waals surface area contributed by atoms with Crippen LogP contribution in [0, 0.1) is 30.6 Å². The maximum absolute atomic E-state index is 13.9. The molecule has 9 nitrogen and oxygen atoms in total. The lowest BCUT2D eigenvalue weighted by atomic mass is 9.70. The Kier molecular flexibility index (Phi) is 9.89. The van der Waals surface area contributed by atoms with Gasteiger partial charge in [0.1, 0.15) is 5.82 Å². The maximum atomic E-state index is 13.9. The molecule has 4 aliphatic heterocycles. The third-order valence-electron chi connectivity index (χ3n) is 12.2. The Morgan fingerprint density at radius 2 is 2.04 bits per heavy atom. The quantitative estimate of drug-likeness (QED) is 0.379. The van der Waals surface area contributed by atoms with Gasteiger partial charge in [0.05, 0.1) is 30.9 Å². The summed E-state index contributed by atoms with van der Waals surface area (Å²) in [6, 6.07) is 1.28. The fourth-order valence-corrected chi connectivity index (χ4v) is 12.0. The van der Waals surface area contributed by atoms with E-state index in [1.807, 2.05) is 23.3 Å². The molecule has 6 aliphatic rings. The molecule has 11 unspecified atom stereocenters. The number of likely N-dealkylation sites (tertiary alicyclic amines) is 1. The highest BCUT2D eigenvalue weighted by Gasteiger charge is 2.51. The van der Waals surface area contributed by atoms with Crippen molar-refractivity contribution >= 4 is 29.3 Å². The number of hydrogen-bond acceptors (Lipinski definition) is 8. The molecular weight excluding hydrogens is 610 g/mol. The zero-order valence-corrected chi connectivity index (χ0v) is 28.5. The number of carboxylic acids is 1. The van der Waals surface area contributed by atoms with E-state index < -0.39 is 5.97 Å². The molecule has 0 amide bonds. The predicted octanol–water partition coefficient (Wildman–Crippen LogP) is 3.46. The Morgan fingerprint density at radius 1 is 1.18 bits per heavy atom. The largest absolute Gasteiger partial charge is 0.481 e. The van der Waals surface area contributed by atoms with E-state index >= 15 is 0 Å². The summed E-state index contributed by atoms with van der Waals surface area (Å²) in [4.78, 5) is 33.5. The maximum Gasteiger partial charge on any atom is 0.308 e. The number of carboxylic acid groups (broad SMARTS) is 1. The highest BCUT2D eigenvalue weighted by molar-refractivity contribution is 8.00. The standard InChI is InChI=1S/C34H52ClN5O4S/c1-19-14-25(32-31(37-19)27(18-45-32)34(42)43)24-15-22(35)5-8-30(24)44-13-12-40-20(2)38-28-7-6-23(16-26(28)33(40)41)39-11-9-21-4-3-10-36-29(21)17-39/h19,21-25,27,29-32,36-37H,3-18H2,1-2H3,(H,42,43). The number of ether oxygens (including phenoxy) is 1. The van der Waals surface area contributed by atoms with Gasteiger partial charge in [-0.1, -0.05) is 0 Å². The SMILES string of the molecule is Cc1nc2c(c(=O)n1CCOC1CCC(Cl)CC1C1CC(C)NC3C(C(=O)O)CSC13)CC(N1CCC3CCCNC3C1)CC2. The number of aromatic nitrogens is 2. The molecule has 5 heterocycles. The van der Waals surface area contributed by atoms with Crippen molar-refractivity contribution in [2.45, 2.75) is 125 Å². The third kappa shape index (κ3) is 6.62. The average Bonchev–Trinajstić information content (AvgIpc) is 3.46. The minimum absolute atomic E-state index is 0.00508. The van der Waals surface area contributed by atoms with Crippen LogP contribution >= 0.6 is 23.4 Å². The van der Waals surface area contributed by atoms with Crippen molar-refractivity contribution in [2.75, 3.05) is 32.0 Å². The molecule has 5 fully saturated rings. The summed E-state index contributed by atoms with van der Waals surface area (Å²) in [6.45, 7) is 8.49. The molecule has 11 atom stereocenters. The lowest BCUT2D eigenvalue weighted by Gasteiger charge is -2.47. The lowest BCUT2D eigenvalue weighted by Crippen LogP contribution is -2.57. The number of rotatable bonds is 7. The Hall–Kier alpha value is -1.17. The molecule has 250 valence electrons. The number of aliphatic carboxylic acids is 1. The van der Waals surface area contributed by atoms with Crippen LogP contribution in [0.25, 0.3) is 0 Å². The van der Waals surface area contributed by atoms with E-state index in [0.717, 1.165) is 87.6 Å². The van der Waals surface area contributed by atoms with Crippen molar-refractivity contribution in [2.24, 2.45) is 23.7 Å². The van der Waals surface area contributed by atoms with Gasteiger partial charge in [0, 0.05) is 52.7 Å². The van der Waals surface area contributed by atoms with Crippen LogP contribution in [0.1, 0.15) is 75.4 Å². The summed E-state index contributed by atoms with van der Waals surface area (Å²) in [7, 11) is 0. The Labute approximate surface area is 277 Å². The number of thioether (sulfide) groups is 1. The van der Waals surface area contributed by atoms with Gasteiger partial charge in [0.15, 0.2) is 0 Å².